The molecule has 1 fully saturated rings. The molecule has 0 saturated carbocycles. The van der Waals surface area contributed by atoms with Crippen molar-refractivity contribution in [2.45, 2.75) is 51.4 Å². The molecule has 3 rings (SSSR count). The van der Waals surface area contributed by atoms with Crippen molar-refractivity contribution in [1.82, 2.24) is 4.90 Å². The van der Waals surface area contributed by atoms with Gasteiger partial charge in [-0.1, -0.05) is 53.7 Å². The first-order valence-corrected chi connectivity index (χ1v) is 11.7. The van der Waals surface area contributed by atoms with Gasteiger partial charge < -0.3 is 5.32 Å². The molecule has 1 N–H and O–H groups in total. The quantitative estimate of drug-likeness (QED) is 0.575. The van der Waals surface area contributed by atoms with Crippen molar-refractivity contribution in [2.24, 2.45) is 4.99 Å². The Bertz CT molecular complexity index is 1050. The highest BCUT2D eigenvalue weighted by Crippen LogP contribution is 2.32. The lowest BCUT2D eigenvalue weighted by atomic mass is 10.0. The van der Waals surface area contributed by atoms with Crippen LogP contribution < -0.4 is 5.32 Å². The van der Waals surface area contributed by atoms with Crippen LogP contribution in [0, 0.1) is 0 Å². The molecule has 168 valence electrons. The summed E-state index contributed by atoms with van der Waals surface area (Å²) in [5, 5.41) is 3.27. The molecule has 2 aromatic carbocycles. The standard InChI is InChI=1S/C24H26ClN3O3S/c1-14(2)26-24-28(15(3)4)23(31)20(32-24)13-21(29)27-19-11-10-17(25)12-18(19)22(30)16-8-6-5-7-9-16/h5-12,14-15,20H,13H2,1-4H3,(H,27,29). The molecule has 2 aromatic rings. The van der Waals surface area contributed by atoms with E-state index in [1.165, 1.54) is 17.8 Å². The Morgan fingerprint density at radius 2 is 1.81 bits per heavy atom. The number of nitrogens with zero attached hydrogens (tertiary/aromatic N) is 2. The lowest BCUT2D eigenvalue weighted by Crippen LogP contribution is -2.38. The molecule has 1 saturated heterocycles. The average molecular weight is 472 g/mol. The molecule has 0 aliphatic carbocycles. The minimum absolute atomic E-state index is 0.0224. The Balaban J connectivity index is 1.78. The highest BCUT2D eigenvalue weighted by atomic mass is 35.5. The summed E-state index contributed by atoms with van der Waals surface area (Å²) in [5.74, 6) is -0.724. The van der Waals surface area contributed by atoms with Gasteiger partial charge in [-0.05, 0) is 45.9 Å². The van der Waals surface area contributed by atoms with Crippen LogP contribution in [0.2, 0.25) is 5.02 Å². The number of benzene rings is 2. The number of carbonyl (C=O) groups is 3. The van der Waals surface area contributed by atoms with Crippen LogP contribution in [0.15, 0.2) is 53.5 Å². The third-order valence-corrected chi connectivity index (χ3v) is 6.16. The van der Waals surface area contributed by atoms with Gasteiger partial charge in [-0.2, -0.15) is 0 Å². The largest absolute Gasteiger partial charge is 0.325 e. The predicted octanol–water partition coefficient (Wildman–Crippen LogP) is 5.02. The van der Waals surface area contributed by atoms with Crippen LogP contribution in [0.5, 0.6) is 0 Å². The fourth-order valence-electron chi connectivity index (χ4n) is 3.33. The Morgan fingerprint density at radius 3 is 2.44 bits per heavy atom. The number of anilines is 1. The van der Waals surface area contributed by atoms with E-state index in [4.69, 9.17) is 11.6 Å². The SMILES string of the molecule is CC(C)N=C1SC(CC(=O)Nc2ccc(Cl)cc2C(=O)c2ccccc2)C(=O)N1C(C)C. The number of carbonyl (C=O) groups excluding carboxylic acids is 3. The first-order valence-electron chi connectivity index (χ1n) is 10.4. The van der Waals surface area contributed by atoms with Crippen LogP contribution in [0.25, 0.3) is 0 Å². The smallest absolute Gasteiger partial charge is 0.242 e. The van der Waals surface area contributed by atoms with Gasteiger partial charge in [0.15, 0.2) is 11.0 Å². The first-order chi connectivity index (χ1) is 15.2. The first kappa shape index (κ1) is 24.0. The van der Waals surface area contributed by atoms with Crippen LogP contribution in [0.3, 0.4) is 0 Å². The number of nitrogens with one attached hydrogen (secondary N) is 1. The van der Waals surface area contributed by atoms with E-state index in [1.54, 1.807) is 41.3 Å². The zero-order valence-electron chi connectivity index (χ0n) is 18.5. The number of thioether (sulfide) groups is 1. The number of aliphatic imine (C=N–C) groups is 1. The highest BCUT2D eigenvalue weighted by molar-refractivity contribution is 8.15. The fraction of sp³-hybridized carbons (Fsp3) is 0.333. The second-order valence-corrected chi connectivity index (χ2v) is 9.66. The van der Waals surface area contributed by atoms with E-state index in [2.05, 4.69) is 10.3 Å². The number of hydrogen-bond donors (Lipinski definition) is 1. The minimum atomic E-state index is -0.560. The van der Waals surface area contributed by atoms with Gasteiger partial charge in [-0.15, -0.1) is 0 Å². The lowest BCUT2D eigenvalue weighted by molar-refractivity contribution is -0.129. The van der Waals surface area contributed by atoms with Crippen LogP contribution in [-0.4, -0.2) is 45.0 Å². The molecule has 0 aromatic heterocycles. The zero-order chi connectivity index (χ0) is 23.4. The molecule has 1 aliphatic rings. The maximum absolute atomic E-state index is 13.0. The fourth-order valence-corrected chi connectivity index (χ4v) is 4.89. The highest BCUT2D eigenvalue weighted by Gasteiger charge is 2.40. The normalized spacial score (nSPS) is 17.5. The maximum atomic E-state index is 13.0. The van der Waals surface area contributed by atoms with Gasteiger partial charge in [0.05, 0.1) is 5.69 Å². The number of hydrogen-bond acceptors (Lipinski definition) is 5. The summed E-state index contributed by atoms with van der Waals surface area (Å²) >= 11 is 7.42. The molecule has 6 nitrogen and oxygen atoms in total. The summed E-state index contributed by atoms with van der Waals surface area (Å²) in [4.78, 5) is 44.9. The molecule has 1 aliphatic heterocycles. The molecular formula is C24H26ClN3O3S. The summed E-state index contributed by atoms with van der Waals surface area (Å²) in [6.45, 7) is 7.74. The van der Waals surface area contributed by atoms with E-state index in [0.29, 0.717) is 27.0 Å². The van der Waals surface area contributed by atoms with Gasteiger partial charge >= 0.3 is 0 Å². The van der Waals surface area contributed by atoms with E-state index in [1.807, 2.05) is 33.8 Å². The van der Waals surface area contributed by atoms with Gasteiger partial charge in [0, 0.05) is 34.7 Å². The molecule has 32 heavy (non-hydrogen) atoms. The van der Waals surface area contributed by atoms with Crippen molar-refractivity contribution in [3.63, 3.8) is 0 Å². The number of amidine groups is 1. The van der Waals surface area contributed by atoms with Crippen LogP contribution in [0.4, 0.5) is 5.69 Å². The molecule has 8 heteroatoms. The van der Waals surface area contributed by atoms with Gasteiger partial charge in [-0.3, -0.25) is 24.3 Å². The zero-order valence-corrected chi connectivity index (χ0v) is 20.0. The van der Waals surface area contributed by atoms with E-state index >= 15 is 0 Å². The van der Waals surface area contributed by atoms with E-state index in [-0.39, 0.29) is 36.1 Å². The van der Waals surface area contributed by atoms with Crippen molar-refractivity contribution >= 4 is 51.8 Å². The minimum Gasteiger partial charge on any atom is -0.325 e. The molecule has 1 unspecified atom stereocenters. The summed E-state index contributed by atoms with van der Waals surface area (Å²) in [7, 11) is 0. The van der Waals surface area contributed by atoms with Crippen molar-refractivity contribution in [3.8, 4) is 0 Å². The third kappa shape index (κ3) is 5.58. The van der Waals surface area contributed by atoms with Crippen LogP contribution in [0.1, 0.15) is 50.0 Å². The second-order valence-electron chi connectivity index (χ2n) is 8.05. The number of amides is 2. The van der Waals surface area contributed by atoms with Crippen molar-refractivity contribution in [2.75, 3.05) is 5.32 Å². The van der Waals surface area contributed by atoms with Crippen molar-refractivity contribution in [1.29, 1.82) is 0 Å². The Hall–Kier alpha value is -2.64. The monoisotopic (exact) mass is 471 g/mol. The van der Waals surface area contributed by atoms with Crippen molar-refractivity contribution < 1.29 is 14.4 Å². The summed E-state index contributed by atoms with van der Waals surface area (Å²) in [6, 6.07) is 13.5. The molecule has 0 bridgehead atoms. The Morgan fingerprint density at radius 1 is 1.12 bits per heavy atom. The molecule has 0 radical (unpaired) electrons. The van der Waals surface area contributed by atoms with Gasteiger partial charge in [-0.25, -0.2) is 0 Å². The van der Waals surface area contributed by atoms with E-state index in [0.717, 1.165) is 0 Å². The number of ketones is 1. The Kier molecular flexibility index (Phi) is 7.74. The summed E-state index contributed by atoms with van der Waals surface area (Å²) < 4.78 is 0. The second kappa shape index (κ2) is 10.3. The maximum Gasteiger partial charge on any atom is 0.242 e. The van der Waals surface area contributed by atoms with E-state index in [9.17, 15) is 14.4 Å². The summed E-state index contributed by atoms with van der Waals surface area (Å²) in [6.07, 6.45) is -0.0224. The number of halogens is 1. The van der Waals surface area contributed by atoms with Gasteiger partial charge in [0.2, 0.25) is 11.8 Å². The molecule has 0 spiro atoms. The van der Waals surface area contributed by atoms with Gasteiger partial charge in [0.25, 0.3) is 0 Å². The average Bonchev–Trinajstić information content (AvgIpc) is 3.03. The van der Waals surface area contributed by atoms with E-state index < -0.39 is 5.25 Å². The third-order valence-electron chi connectivity index (χ3n) is 4.76. The Labute approximate surface area is 197 Å². The van der Waals surface area contributed by atoms with Crippen LogP contribution >= 0.6 is 23.4 Å². The molecule has 1 atom stereocenters. The summed E-state index contributed by atoms with van der Waals surface area (Å²) in [5.41, 5.74) is 1.16. The predicted molar refractivity (Wildman–Crippen MR) is 131 cm³/mol. The van der Waals surface area contributed by atoms with Crippen molar-refractivity contribution in [3.05, 3.63) is 64.7 Å². The number of rotatable bonds is 7. The molecular weight excluding hydrogens is 446 g/mol. The molecule has 2 amide bonds. The topological polar surface area (TPSA) is 78.8 Å². The van der Waals surface area contributed by atoms with Crippen LogP contribution in [-0.2, 0) is 9.59 Å². The lowest BCUT2D eigenvalue weighted by Gasteiger charge is -2.21. The van der Waals surface area contributed by atoms with Gasteiger partial charge in [0.1, 0.15) is 5.25 Å². The molecule has 1 heterocycles.